The maximum atomic E-state index is 3.44. The highest BCUT2D eigenvalue weighted by atomic mass is 15.3. The van der Waals surface area contributed by atoms with Gasteiger partial charge in [0, 0.05) is 44.8 Å². The second-order valence-corrected chi connectivity index (χ2v) is 4.96. The van der Waals surface area contributed by atoms with Gasteiger partial charge in [-0.15, -0.1) is 0 Å². The number of likely N-dealkylation sites (N-methyl/N-ethyl adjacent to an activating group) is 1. The molecule has 1 aliphatic carbocycles. The van der Waals surface area contributed by atoms with E-state index in [1.54, 1.807) is 0 Å². The fourth-order valence-electron chi connectivity index (χ4n) is 2.47. The van der Waals surface area contributed by atoms with Crippen LogP contribution in [0.2, 0.25) is 0 Å². The van der Waals surface area contributed by atoms with Crippen LogP contribution in [0, 0.1) is 0 Å². The summed E-state index contributed by atoms with van der Waals surface area (Å²) < 4.78 is 0. The van der Waals surface area contributed by atoms with Gasteiger partial charge >= 0.3 is 0 Å². The lowest BCUT2D eigenvalue weighted by Crippen LogP contribution is -2.52. The zero-order valence-electron chi connectivity index (χ0n) is 10.2. The van der Waals surface area contributed by atoms with E-state index in [1.807, 2.05) is 0 Å². The van der Waals surface area contributed by atoms with Crippen molar-refractivity contribution in [3.05, 3.63) is 0 Å². The maximum absolute atomic E-state index is 3.44. The van der Waals surface area contributed by atoms with Gasteiger partial charge in [0.05, 0.1) is 0 Å². The molecule has 3 nitrogen and oxygen atoms in total. The summed E-state index contributed by atoms with van der Waals surface area (Å²) >= 11 is 0. The predicted molar refractivity (Wildman–Crippen MR) is 64.2 cm³/mol. The molecule has 2 rings (SSSR count). The molecular weight excluding hydrogens is 186 g/mol. The van der Waals surface area contributed by atoms with E-state index < -0.39 is 0 Å². The average molecular weight is 211 g/mol. The molecule has 1 heterocycles. The van der Waals surface area contributed by atoms with E-state index in [2.05, 4.69) is 29.0 Å². The van der Waals surface area contributed by atoms with Crippen molar-refractivity contribution in [1.82, 2.24) is 15.1 Å². The largest absolute Gasteiger partial charge is 0.315 e. The third kappa shape index (κ3) is 3.16. The number of piperazine rings is 1. The van der Waals surface area contributed by atoms with Crippen molar-refractivity contribution < 1.29 is 0 Å². The van der Waals surface area contributed by atoms with Gasteiger partial charge in [-0.05, 0) is 26.3 Å². The van der Waals surface area contributed by atoms with Crippen LogP contribution < -0.4 is 5.32 Å². The molecule has 1 saturated carbocycles. The molecule has 3 heteroatoms. The normalized spacial score (nSPS) is 26.8. The quantitative estimate of drug-likeness (QED) is 0.724. The Balaban J connectivity index is 1.67. The lowest BCUT2D eigenvalue weighted by Gasteiger charge is -2.38. The molecule has 88 valence electrons. The number of nitrogens with zero attached hydrogens (tertiary/aromatic N) is 2. The average Bonchev–Trinajstić information content (AvgIpc) is 3.10. The molecule has 1 unspecified atom stereocenters. The first-order valence-corrected chi connectivity index (χ1v) is 6.50. The summed E-state index contributed by atoms with van der Waals surface area (Å²) in [5.41, 5.74) is 0. The maximum Gasteiger partial charge on any atom is 0.0193 e. The minimum Gasteiger partial charge on any atom is -0.315 e. The third-order valence-electron chi connectivity index (χ3n) is 3.73. The lowest BCUT2D eigenvalue weighted by atomic mass is 10.2. The van der Waals surface area contributed by atoms with Crippen molar-refractivity contribution in [3.8, 4) is 0 Å². The minimum absolute atomic E-state index is 0.700. The van der Waals surface area contributed by atoms with Gasteiger partial charge in [0.25, 0.3) is 0 Å². The van der Waals surface area contributed by atoms with Gasteiger partial charge < -0.3 is 5.32 Å². The highest BCUT2D eigenvalue weighted by molar-refractivity contribution is 4.88. The summed E-state index contributed by atoms with van der Waals surface area (Å²) in [4.78, 5) is 5.30. The first-order chi connectivity index (χ1) is 7.31. The smallest absolute Gasteiger partial charge is 0.0193 e. The monoisotopic (exact) mass is 211 g/mol. The first-order valence-electron chi connectivity index (χ1n) is 6.50. The van der Waals surface area contributed by atoms with Gasteiger partial charge in [0.2, 0.25) is 0 Å². The van der Waals surface area contributed by atoms with Gasteiger partial charge in [-0.3, -0.25) is 9.80 Å². The molecule has 0 aromatic rings. The molecule has 1 N–H and O–H groups in total. The Bertz CT molecular complexity index is 183. The van der Waals surface area contributed by atoms with Gasteiger partial charge in [-0.25, -0.2) is 0 Å². The van der Waals surface area contributed by atoms with Crippen molar-refractivity contribution in [1.29, 1.82) is 0 Å². The van der Waals surface area contributed by atoms with E-state index in [0.29, 0.717) is 6.04 Å². The van der Waals surface area contributed by atoms with E-state index in [0.717, 1.165) is 19.1 Å². The zero-order chi connectivity index (χ0) is 10.7. The highest BCUT2D eigenvalue weighted by Crippen LogP contribution is 2.27. The molecular formula is C12H25N3. The van der Waals surface area contributed by atoms with Crippen LogP contribution in [-0.2, 0) is 0 Å². The van der Waals surface area contributed by atoms with Crippen LogP contribution in [0.4, 0.5) is 0 Å². The second kappa shape index (κ2) is 5.28. The van der Waals surface area contributed by atoms with E-state index in [4.69, 9.17) is 0 Å². The molecule has 0 radical (unpaired) electrons. The van der Waals surface area contributed by atoms with Gasteiger partial charge in [-0.1, -0.05) is 6.92 Å². The van der Waals surface area contributed by atoms with Crippen molar-refractivity contribution in [2.75, 3.05) is 39.3 Å². The zero-order valence-corrected chi connectivity index (χ0v) is 10.2. The lowest BCUT2D eigenvalue weighted by molar-refractivity contribution is 0.0971. The summed E-state index contributed by atoms with van der Waals surface area (Å²) in [6, 6.07) is 1.66. The second-order valence-electron chi connectivity index (χ2n) is 4.96. The van der Waals surface area contributed by atoms with Gasteiger partial charge in [0.1, 0.15) is 0 Å². The van der Waals surface area contributed by atoms with Crippen LogP contribution in [-0.4, -0.2) is 61.2 Å². The Kier molecular flexibility index (Phi) is 4.00. The Hall–Kier alpha value is -0.120. The Morgan fingerprint density at radius 2 is 1.87 bits per heavy atom. The van der Waals surface area contributed by atoms with E-state index >= 15 is 0 Å². The molecule has 0 spiro atoms. The Morgan fingerprint density at radius 1 is 1.20 bits per heavy atom. The summed E-state index contributed by atoms with van der Waals surface area (Å²) in [6.45, 7) is 11.9. The van der Waals surface area contributed by atoms with Crippen LogP contribution >= 0.6 is 0 Å². The highest BCUT2D eigenvalue weighted by Gasteiger charge is 2.31. The molecule has 0 bridgehead atoms. The number of nitrogens with one attached hydrogen (secondary N) is 1. The topological polar surface area (TPSA) is 18.5 Å². The summed E-state index contributed by atoms with van der Waals surface area (Å²) in [6.07, 6.45) is 2.90. The van der Waals surface area contributed by atoms with Crippen molar-refractivity contribution in [3.63, 3.8) is 0 Å². The van der Waals surface area contributed by atoms with E-state index in [9.17, 15) is 0 Å². The van der Waals surface area contributed by atoms with E-state index in [-0.39, 0.29) is 0 Å². The third-order valence-corrected chi connectivity index (χ3v) is 3.73. The number of hydrogen-bond donors (Lipinski definition) is 1. The molecule has 1 aliphatic heterocycles. The fourth-order valence-corrected chi connectivity index (χ4v) is 2.47. The van der Waals surface area contributed by atoms with Gasteiger partial charge in [0.15, 0.2) is 0 Å². The van der Waals surface area contributed by atoms with E-state index in [1.165, 1.54) is 39.0 Å². The van der Waals surface area contributed by atoms with Crippen LogP contribution in [0.15, 0.2) is 0 Å². The molecule has 1 saturated heterocycles. The molecule has 0 aromatic carbocycles. The minimum atomic E-state index is 0.700. The summed E-state index contributed by atoms with van der Waals surface area (Å²) in [5, 5.41) is 3.44. The van der Waals surface area contributed by atoms with Crippen molar-refractivity contribution in [2.24, 2.45) is 0 Å². The Labute approximate surface area is 93.8 Å². The molecule has 0 aromatic heterocycles. The predicted octanol–water partition coefficient (Wildman–Crippen LogP) is 0.764. The summed E-state index contributed by atoms with van der Waals surface area (Å²) in [7, 11) is 0. The van der Waals surface area contributed by atoms with Crippen LogP contribution in [0.5, 0.6) is 0 Å². The molecule has 1 atom stereocenters. The number of rotatable bonds is 5. The number of hydrogen-bond acceptors (Lipinski definition) is 3. The van der Waals surface area contributed by atoms with Gasteiger partial charge in [-0.2, -0.15) is 0 Å². The molecule has 0 amide bonds. The standard InChI is InChI=1S/C12H25N3/c1-3-13-10-11(2)14-6-8-15(9-7-14)12-4-5-12/h11-13H,3-10H2,1-2H3. The molecule has 15 heavy (non-hydrogen) atoms. The first kappa shape index (κ1) is 11.4. The van der Waals surface area contributed by atoms with Crippen molar-refractivity contribution in [2.45, 2.75) is 38.8 Å². The fraction of sp³-hybridized carbons (Fsp3) is 1.00. The van der Waals surface area contributed by atoms with Crippen LogP contribution in [0.3, 0.4) is 0 Å². The molecule has 2 fully saturated rings. The molecule has 2 aliphatic rings. The van der Waals surface area contributed by atoms with Crippen molar-refractivity contribution >= 4 is 0 Å². The van der Waals surface area contributed by atoms with Crippen LogP contribution in [0.25, 0.3) is 0 Å². The Morgan fingerprint density at radius 3 is 2.40 bits per heavy atom. The summed E-state index contributed by atoms with van der Waals surface area (Å²) in [5.74, 6) is 0. The van der Waals surface area contributed by atoms with Crippen LogP contribution in [0.1, 0.15) is 26.7 Å². The SMILES string of the molecule is CCNCC(C)N1CCN(C2CC2)CC1.